The van der Waals surface area contributed by atoms with E-state index in [0.717, 1.165) is 13.0 Å². The van der Waals surface area contributed by atoms with Crippen LogP contribution in [0.1, 0.15) is 25.0 Å². The van der Waals surface area contributed by atoms with Crippen molar-refractivity contribution in [2.45, 2.75) is 19.3 Å². The average Bonchev–Trinajstić information content (AvgIpc) is 2.89. The Morgan fingerprint density at radius 3 is 2.34 bits per heavy atom. The number of piperazine rings is 1. The molecular formula is C21H30F2N10O2. The molecule has 2 aromatic rings. The molecule has 3 N–H and O–H groups in total. The molecule has 1 amide bonds. The molecule has 4 heterocycles. The maximum absolute atomic E-state index is 13.7. The summed E-state index contributed by atoms with van der Waals surface area (Å²) < 4.78 is 32.9. The Bertz CT molecular complexity index is 1010. The molecule has 0 bridgehead atoms. The molecule has 0 aromatic carbocycles. The standard InChI is InChI=1S/C21H30F2N10O2/c1-25-4-2-3-15(34)31-5-7-32(8-6-31)20-28-18(14-13-26-19(24)27-16(14)17(22)23)29-21(30-20)33-9-11-35-12-10-33/h13,17,25H,2-12H2,1H3,(H2,24,26,27). The van der Waals surface area contributed by atoms with Crippen LogP contribution >= 0.6 is 0 Å². The van der Waals surface area contributed by atoms with Crippen molar-refractivity contribution in [3.63, 3.8) is 0 Å². The second kappa shape index (κ2) is 11.4. The number of aromatic nitrogens is 5. The van der Waals surface area contributed by atoms with Crippen LogP contribution in [-0.4, -0.2) is 102 Å². The molecular weight excluding hydrogens is 462 g/mol. The summed E-state index contributed by atoms with van der Waals surface area (Å²) in [5, 5.41) is 3.04. The first-order valence-corrected chi connectivity index (χ1v) is 11.6. The lowest BCUT2D eigenvalue weighted by Crippen LogP contribution is -2.49. The van der Waals surface area contributed by atoms with Crippen LogP contribution in [0.4, 0.5) is 26.6 Å². The van der Waals surface area contributed by atoms with E-state index in [1.165, 1.54) is 6.20 Å². The largest absolute Gasteiger partial charge is 0.378 e. The van der Waals surface area contributed by atoms with Gasteiger partial charge in [-0.2, -0.15) is 15.0 Å². The van der Waals surface area contributed by atoms with Gasteiger partial charge in [-0.3, -0.25) is 4.79 Å². The number of morpholine rings is 1. The summed E-state index contributed by atoms with van der Waals surface area (Å²) in [5.74, 6) is 0.650. The monoisotopic (exact) mass is 492 g/mol. The Balaban J connectivity index is 1.60. The Kier molecular flexibility index (Phi) is 8.13. The third kappa shape index (κ3) is 6.06. The molecule has 190 valence electrons. The van der Waals surface area contributed by atoms with Crippen molar-refractivity contribution >= 4 is 23.8 Å². The topological polar surface area (TPSA) is 139 Å². The highest BCUT2D eigenvalue weighted by molar-refractivity contribution is 5.76. The van der Waals surface area contributed by atoms with Crippen LogP contribution in [0.5, 0.6) is 0 Å². The number of nitrogen functional groups attached to an aromatic ring is 1. The van der Waals surface area contributed by atoms with Crippen LogP contribution < -0.4 is 20.9 Å². The number of anilines is 3. The number of carbonyl (C=O) groups is 1. The van der Waals surface area contributed by atoms with E-state index in [1.807, 2.05) is 21.7 Å². The van der Waals surface area contributed by atoms with Gasteiger partial charge in [-0.1, -0.05) is 0 Å². The number of nitrogens with zero attached hydrogens (tertiary/aromatic N) is 8. The fourth-order valence-corrected chi connectivity index (χ4v) is 4.00. The van der Waals surface area contributed by atoms with E-state index in [1.54, 1.807) is 0 Å². The number of ether oxygens (including phenoxy) is 1. The van der Waals surface area contributed by atoms with Gasteiger partial charge < -0.3 is 30.5 Å². The van der Waals surface area contributed by atoms with Crippen LogP contribution in [0.25, 0.3) is 11.4 Å². The van der Waals surface area contributed by atoms with E-state index in [4.69, 9.17) is 10.5 Å². The van der Waals surface area contributed by atoms with Gasteiger partial charge in [0.1, 0.15) is 5.69 Å². The summed E-state index contributed by atoms with van der Waals surface area (Å²) in [6.45, 7) is 5.04. The van der Waals surface area contributed by atoms with Gasteiger partial charge in [0.2, 0.25) is 23.8 Å². The molecule has 0 spiro atoms. The Morgan fingerprint density at radius 2 is 1.71 bits per heavy atom. The van der Waals surface area contributed by atoms with Crippen molar-refractivity contribution < 1.29 is 18.3 Å². The Morgan fingerprint density at radius 1 is 1.06 bits per heavy atom. The van der Waals surface area contributed by atoms with Gasteiger partial charge in [0.05, 0.1) is 18.8 Å². The van der Waals surface area contributed by atoms with Gasteiger partial charge in [-0.05, 0) is 20.0 Å². The van der Waals surface area contributed by atoms with Crippen molar-refractivity contribution in [3.8, 4) is 11.4 Å². The molecule has 0 unspecified atom stereocenters. The fraction of sp³-hybridized carbons (Fsp3) is 0.619. The van der Waals surface area contributed by atoms with E-state index in [-0.39, 0.29) is 23.2 Å². The minimum atomic E-state index is -2.88. The number of amides is 1. The molecule has 0 atom stereocenters. The van der Waals surface area contributed by atoms with E-state index in [2.05, 4.69) is 30.2 Å². The van der Waals surface area contributed by atoms with E-state index in [0.29, 0.717) is 70.8 Å². The van der Waals surface area contributed by atoms with Crippen LogP contribution in [0.2, 0.25) is 0 Å². The zero-order chi connectivity index (χ0) is 24.8. The summed E-state index contributed by atoms with van der Waals surface area (Å²) in [7, 11) is 1.86. The minimum Gasteiger partial charge on any atom is -0.378 e. The average molecular weight is 493 g/mol. The molecule has 4 rings (SSSR count). The third-order valence-electron chi connectivity index (χ3n) is 5.92. The van der Waals surface area contributed by atoms with Gasteiger partial charge in [0.15, 0.2) is 5.82 Å². The lowest BCUT2D eigenvalue weighted by Gasteiger charge is -2.35. The highest BCUT2D eigenvalue weighted by Crippen LogP contribution is 2.30. The van der Waals surface area contributed by atoms with Gasteiger partial charge >= 0.3 is 0 Å². The van der Waals surface area contributed by atoms with Gasteiger partial charge in [0, 0.05) is 51.9 Å². The molecule has 0 aliphatic carbocycles. The molecule has 2 aliphatic rings. The summed E-state index contributed by atoms with van der Waals surface area (Å²) >= 11 is 0. The van der Waals surface area contributed by atoms with Crippen LogP contribution in [-0.2, 0) is 9.53 Å². The zero-order valence-corrected chi connectivity index (χ0v) is 19.7. The predicted molar refractivity (Wildman–Crippen MR) is 125 cm³/mol. The van der Waals surface area contributed by atoms with Gasteiger partial charge in [-0.15, -0.1) is 0 Å². The number of alkyl halides is 2. The van der Waals surface area contributed by atoms with Crippen LogP contribution in [0, 0.1) is 0 Å². The maximum atomic E-state index is 13.7. The molecule has 2 fully saturated rings. The zero-order valence-electron chi connectivity index (χ0n) is 19.7. The molecule has 14 heteroatoms. The van der Waals surface area contributed by atoms with Crippen molar-refractivity contribution in [1.29, 1.82) is 0 Å². The molecule has 35 heavy (non-hydrogen) atoms. The summed E-state index contributed by atoms with van der Waals surface area (Å²) in [6.07, 6.45) is -0.384. The van der Waals surface area contributed by atoms with Gasteiger partial charge in [-0.25, -0.2) is 18.7 Å². The molecule has 0 saturated carbocycles. The number of halogens is 2. The second-order valence-corrected chi connectivity index (χ2v) is 8.26. The Labute approximate surface area is 201 Å². The summed E-state index contributed by atoms with van der Waals surface area (Å²) in [4.78, 5) is 39.4. The molecule has 2 saturated heterocycles. The maximum Gasteiger partial charge on any atom is 0.281 e. The third-order valence-corrected chi connectivity index (χ3v) is 5.92. The highest BCUT2D eigenvalue weighted by Gasteiger charge is 2.27. The number of hydrogen-bond donors (Lipinski definition) is 2. The molecule has 2 aromatic heterocycles. The van der Waals surface area contributed by atoms with Crippen molar-refractivity contribution in [1.82, 2.24) is 35.1 Å². The van der Waals surface area contributed by atoms with Crippen molar-refractivity contribution in [2.75, 3.05) is 81.6 Å². The smallest absolute Gasteiger partial charge is 0.281 e. The SMILES string of the molecule is CNCCCC(=O)N1CCN(c2nc(-c3cnc(N)nc3C(F)F)nc(N3CCOCC3)n2)CC1. The van der Waals surface area contributed by atoms with Crippen molar-refractivity contribution in [2.24, 2.45) is 0 Å². The summed E-state index contributed by atoms with van der Waals surface area (Å²) in [6, 6.07) is 0. The Hall–Kier alpha value is -3.26. The number of nitrogens with one attached hydrogen (secondary N) is 1. The van der Waals surface area contributed by atoms with E-state index < -0.39 is 12.1 Å². The number of hydrogen-bond acceptors (Lipinski definition) is 11. The molecule has 0 radical (unpaired) electrons. The highest BCUT2D eigenvalue weighted by atomic mass is 19.3. The number of rotatable bonds is 8. The number of nitrogens with two attached hydrogens (primary N) is 1. The first-order chi connectivity index (χ1) is 17.0. The number of carbonyl (C=O) groups excluding carboxylic acids is 1. The van der Waals surface area contributed by atoms with E-state index in [9.17, 15) is 13.6 Å². The normalized spacial score (nSPS) is 16.7. The first kappa shape index (κ1) is 24.9. The van der Waals surface area contributed by atoms with E-state index >= 15 is 0 Å². The fourth-order valence-electron chi connectivity index (χ4n) is 4.00. The van der Waals surface area contributed by atoms with Crippen LogP contribution in [0.3, 0.4) is 0 Å². The van der Waals surface area contributed by atoms with Gasteiger partial charge in [0.25, 0.3) is 6.43 Å². The summed E-state index contributed by atoms with van der Waals surface area (Å²) in [5.41, 5.74) is 5.02. The lowest BCUT2D eigenvalue weighted by molar-refractivity contribution is -0.131. The van der Waals surface area contributed by atoms with Crippen LogP contribution in [0.15, 0.2) is 6.20 Å². The minimum absolute atomic E-state index is 0.00528. The second-order valence-electron chi connectivity index (χ2n) is 8.26. The lowest BCUT2D eigenvalue weighted by atomic mass is 10.2. The molecule has 2 aliphatic heterocycles. The predicted octanol–water partition coefficient (Wildman–Crippen LogP) is 0.333. The first-order valence-electron chi connectivity index (χ1n) is 11.6. The quantitative estimate of drug-likeness (QED) is 0.493. The molecule has 12 nitrogen and oxygen atoms in total. The van der Waals surface area contributed by atoms with Crippen molar-refractivity contribution in [3.05, 3.63) is 11.9 Å².